The Hall–Kier alpha value is -1.81. The molecule has 0 saturated heterocycles. The molecule has 128 valence electrons. The average molecular weight is 342 g/mol. The van der Waals surface area contributed by atoms with E-state index < -0.39 is 0 Å². The van der Waals surface area contributed by atoms with E-state index in [9.17, 15) is 0 Å². The molecule has 0 spiro atoms. The van der Waals surface area contributed by atoms with Crippen molar-refractivity contribution in [2.24, 2.45) is 0 Å². The van der Waals surface area contributed by atoms with E-state index in [-0.39, 0.29) is 0 Å². The summed E-state index contributed by atoms with van der Waals surface area (Å²) in [5.41, 5.74) is 4.75. The molecule has 2 atom stereocenters. The fourth-order valence-electron chi connectivity index (χ4n) is 2.64. The Morgan fingerprint density at radius 1 is 0.833 bits per heavy atom. The third-order valence-corrected chi connectivity index (χ3v) is 5.62. The maximum Gasteiger partial charge on any atom is 0.0527 e. The summed E-state index contributed by atoms with van der Waals surface area (Å²) in [6.45, 7) is 8.84. The van der Waals surface area contributed by atoms with Gasteiger partial charge in [0, 0.05) is 33.2 Å². The van der Waals surface area contributed by atoms with Gasteiger partial charge in [0.05, 0.1) is 11.4 Å². The Kier molecular flexibility index (Phi) is 5.24. The van der Waals surface area contributed by atoms with E-state index in [2.05, 4.69) is 80.0 Å². The first-order chi connectivity index (χ1) is 11.6. The quantitative estimate of drug-likeness (QED) is 0.490. The fraction of sp³-hybridized carbons (Fsp3) is 0.400. The maximum absolute atomic E-state index is 3.56. The molecule has 2 aromatic rings. The smallest absolute Gasteiger partial charge is 0.0527 e. The highest BCUT2D eigenvalue weighted by Gasteiger charge is 2.17. The Morgan fingerprint density at radius 2 is 1.29 bits per heavy atom. The summed E-state index contributed by atoms with van der Waals surface area (Å²) in [6, 6.07) is 14.1. The van der Waals surface area contributed by atoms with Crippen molar-refractivity contribution in [3.05, 3.63) is 36.4 Å². The van der Waals surface area contributed by atoms with E-state index >= 15 is 0 Å². The number of rotatable bonds is 6. The van der Waals surface area contributed by atoms with Crippen molar-refractivity contribution in [2.75, 3.05) is 16.0 Å². The van der Waals surface area contributed by atoms with Crippen LogP contribution < -0.4 is 16.0 Å². The third kappa shape index (κ3) is 3.81. The van der Waals surface area contributed by atoms with Crippen molar-refractivity contribution >= 4 is 34.5 Å². The summed E-state index contributed by atoms with van der Waals surface area (Å²) in [5, 5.41) is 10.7. The summed E-state index contributed by atoms with van der Waals surface area (Å²) in [6.07, 6.45) is 2.24. The Morgan fingerprint density at radius 3 is 1.71 bits per heavy atom. The second-order valence-electron chi connectivity index (χ2n) is 6.56. The zero-order valence-corrected chi connectivity index (χ0v) is 15.8. The lowest BCUT2D eigenvalue weighted by Crippen LogP contribution is -2.14. The molecule has 3 N–H and O–H groups in total. The van der Waals surface area contributed by atoms with Crippen molar-refractivity contribution in [1.29, 1.82) is 0 Å². The first-order valence-corrected chi connectivity index (χ1v) is 9.66. The lowest BCUT2D eigenvalue weighted by Gasteiger charge is -2.23. The lowest BCUT2D eigenvalue weighted by molar-refractivity contribution is 0.763. The van der Waals surface area contributed by atoms with Gasteiger partial charge in [-0.15, -0.1) is 0 Å². The molecule has 3 nitrogen and oxygen atoms in total. The van der Waals surface area contributed by atoms with Gasteiger partial charge >= 0.3 is 0 Å². The second-order valence-corrected chi connectivity index (χ2v) is 7.64. The summed E-state index contributed by atoms with van der Waals surface area (Å²) < 4.78 is 0. The minimum atomic E-state index is 0.489. The number of nitrogens with one attached hydrogen (secondary N) is 3. The summed E-state index contributed by atoms with van der Waals surface area (Å²) in [4.78, 5) is 2.55. The third-order valence-electron chi connectivity index (χ3n) is 4.50. The molecule has 1 heterocycles. The van der Waals surface area contributed by atoms with Crippen LogP contribution in [-0.4, -0.2) is 12.1 Å². The molecule has 24 heavy (non-hydrogen) atoms. The van der Waals surface area contributed by atoms with Crippen molar-refractivity contribution in [3.8, 4) is 0 Å². The normalized spacial score (nSPS) is 14.8. The predicted octanol–water partition coefficient (Wildman–Crippen LogP) is 6.32. The van der Waals surface area contributed by atoms with Crippen LogP contribution in [0.15, 0.2) is 46.2 Å². The predicted molar refractivity (Wildman–Crippen MR) is 107 cm³/mol. The fourth-order valence-corrected chi connectivity index (χ4v) is 3.70. The van der Waals surface area contributed by atoms with Crippen molar-refractivity contribution in [1.82, 2.24) is 0 Å². The molecular weight excluding hydrogens is 314 g/mol. The second kappa shape index (κ2) is 7.39. The minimum Gasteiger partial charge on any atom is -0.383 e. The largest absolute Gasteiger partial charge is 0.383 e. The van der Waals surface area contributed by atoms with Gasteiger partial charge in [0.1, 0.15) is 0 Å². The number of hydrogen-bond acceptors (Lipinski definition) is 4. The number of fused-ring (bicyclic) bond motifs is 2. The van der Waals surface area contributed by atoms with Crippen LogP contribution in [-0.2, 0) is 0 Å². The van der Waals surface area contributed by atoms with Gasteiger partial charge in [0.15, 0.2) is 0 Å². The van der Waals surface area contributed by atoms with Crippen molar-refractivity contribution in [2.45, 2.75) is 62.4 Å². The van der Waals surface area contributed by atoms with Crippen LogP contribution >= 0.6 is 11.8 Å². The summed E-state index contributed by atoms with van der Waals surface area (Å²) in [5.74, 6) is 0. The molecule has 1 aliphatic heterocycles. The van der Waals surface area contributed by atoms with Gasteiger partial charge < -0.3 is 16.0 Å². The number of hydrogen-bond donors (Lipinski definition) is 3. The van der Waals surface area contributed by atoms with Gasteiger partial charge in [-0.3, -0.25) is 0 Å². The van der Waals surface area contributed by atoms with Crippen LogP contribution in [0.4, 0.5) is 22.7 Å². The molecule has 0 amide bonds. The highest BCUT2D eigenvalue weighted by Crippen LogP contribution is 2.46. The molecule has 2 unspecified atom stereocenters. The van der Waals surface area contributed by atoms with Gasteiger partial charge in [-0.25, -0.2) is 0 Å². The SMILES string of the molecule is CCC(C)Nc1ccc2c(c1)Sc1cc(NC(C)CC)ccc1N2. The highest BCUT2D eigenvalue weighted by molar-refractivity contribution is 7.99. The van der Waals surface area contributed by atoms with Gasteiger partial charge in [-0.2, -0.15) is 0 Å². The van der Waals surface area contributed by atoms with Crippen LogP contribution in [0.5, 0.6) is 0 Å². The van der Waals surface area contributed by atoms with E-state index in [4.69, 9.17) is 0 Å². The zero-order valence-electron chi connectivity index (χ0n) is 14.9. The first-order valence-electron chi connectivity index (χ1n) is 8.85. The first kappa shape index (κ1) is 17.0. The van der Waals surface area contributed by atoms with Gasteiger partial charge in [0.25, 0.3) is 0 Å². The molecule has 0 saturated carbocycles. The van der Waals surface area contributed by atoms with Crippen LogP contribution in [0.3, 0.4) is 0 Å². The monoisotopic (exact) mass is 341 g/mol. The van der Waals surface area contributed by atoms with Crippen molar-refractivity contribution < 1.29 is 0 Å². The van der Waals surface area contributed by atoms with E-state index in [0.29, 0.717) is 12.1 Å². The summed E-state index contributed by atoms with van der Waals surface area (Å²) >= 11 is 1.84. The molecule has 3 rings (SSSR count). The van der Waals surface area contributed by atoms with Crippen LogP contribution in [0, 0.1) is 0 Å². The molecule has 0 aromatic heterocycles. The van der Waals surface area contributed by atoms with E-state index in [1.807, 2.05) is 11.8 Å². The topological polar surface area (TPSA) is 36.1 Å². The standard InChI is InChI=1S/C20H27N3S/c1-5-13(3)21-15-7-9-17-19(11-15)24-20-12-16(22-14(4)6-2)8-10-18(20)23-17/h7-14,21-23H,5-6H2,1-4H3. The molecular formula is C20H27N3S. The van der Waals surface area contributed by atoms with E-state index in [1.54, 1.807) is 0 Å². The van der Waals surface area contributed by atoms with Crippen LogP contribution in [0.25, 0.3) is 0 Å². The molecule has 0 aliphatic carbocycles. The average Bonchev–Trinajstić information content (AvgIpc) is 2.59. The molecule has 1 aliphatic rings. The summed E-state index contributed by atoms with van der Waals surface area (Å²) in [7, 11) is 0. The number of benzene rings is 2. The Bertz CT molecular complexity index is 655. The lowest BCUT2D eigenvalue weighted by atomic mass is 10.2. The van der Waals surface area contributed by atoms with E-state index in [1.165, 1.54) is 32.5 Å². The molecule has 0 fully saturated rings. The molecule has 4 heteroatoms. The van der Waals surface area contributed by atoms with Gasteiger partial charge in [0.2, 0.25) is 0 Å². The van der Waals surface area contributed by atoms with Crippen LogP contribution in [0.2, 0.25) is 0 Å². The molecule has 0 radical (unpaired) electrons. The van der Waals surface area contributed by atoms with Gasteiger partial charge in [-0.05, 0) is 63.1 Å². The van der Waals surface area contributed by atoms with Gasteiger partial charge in [-0.1, -0.05) is 25.6 Å². The minimum absolute atomic E-state index is 0.489. The number of anilines is 4. The Balaban J connectivity index is 1.81. The van der Waals surface area contributed by atoms with E-state index in [0.717, 1.165) is 12.8 Å². The zero-order chi connectivity index (χ0) is 17.1. The van der Waals surface area contributed by atoms with Crippen LogP contribution in [0.1, 0.15) is 40.5 Å². The highest BCUT2D eigenvalue weighted by atomic mass is 32.2. The van der Waals surface area contributed by atoms with Crippen molar-refractivity contribution in [3.63, 3.8) is 0 Å². The maximum atomic E-state index is 3.56. The molecule has 0 bridgehead atoms. The Labute approximate surface area is 149 Å². The molecule has 2 aromatic carbocycles.